The van der Waals surface area contributed by atoms with Crippen molar-refractivity contribution in [3.63, 3.8) is 0 Å². The fraction of sp³-hybridized carbons (Fsp3) is 0.208. The molecular formula is C24H24ClN3O3. The van der Waals surface area contributed by atoms with E-state index in [1.807, 2.05) is 37.3 Å². The van der Waals surface area contributed by atoms with Gasteiger partial charge in [0.05, 0.1) is 12.2 Å². The van der Waals surface area contributed by atoms with Gasteiger partial charge in [-0.2, -0.15) is 5.10 Å². The van der Waals surface area contributed by atoms with Crippen LogP contribution < -0.4 is 4.74 Å². The number of likely N-dealkylation sites (N-methyl/N-ethyl adjacent to an activating group) is 1. The molecule has 0 radical (unpaired) electrons. The summed E-state index contributed by atoms with van der Waals surface area (Å²) in [5, 5.41) is 4.98. The Morgan fingerprint density at radius 1 is 1.10 bits per heavy atom. The number of carbonyl (C=O) groups excluding carboxylic acids is 2. The first kappa shape index (κ1) is 22.3. The lowest BCUT2D eigenvalue weighted by atomic mass is 10.1. The summed E-state index contributed by atoms with van der Waals surface area (Å²) in [5.74, 6) is 0.224. The molecule has 0 N–H and O–H groups in total. The van der Waals surface area contributed by atoms with Crippen molar-refractivity contribution in [2.45, 2.75) is 13.5 Å². The van der Waals surface area contributed by atoms with E-state index < -0.39 is 0 Å². The summed E-state index contributed by atoms with van der Waals surface area (Å²) in [6.07, 6.45) is 3.17. The van der Waals surface area contributed by atoms with Gasteiger partial charge in [0.2, 0.25) is 0 Å². The SMILES string of the molecule is Cc1nn(Cc2ccccc2)c(Cl)c1/C=C/C(=O)c1ccc(OCC(=O)N(C)C)cc1. The number of rotatable bonds is 8. The number of amides is 1. The van der Waals surface area contributed by atoms with Gasteiger partial charge in [-0.05, 0) is 48.9 Å². The highest BCUT2D eigenvalue weighted by Gasteiger charge is 2.12. The van der Waals surface area contributed by atoms with E-state index in [1.54, 1.807) is 49.1 Å². The van der Waals surface area contributed by atoms with Crippen LogP contribution in [0.2, 0.25) is 5.15 Å². The van der Waals surface area contributed by atoms with Crippen LogP contribution in [-0.4, -0.2) is 47.1 Å². The Labute approximate surface area is 186 Å². The minimum absolute atomic E-state index is 0.0507. The molecule has 0 spiro atoms. The van der Waals surface area contributed by atoms with Gasteiger partial charge in [-0.25, -0.2) is 4.68 Å². The summed E-state index contributed by atoms with van der Waals surface area (Å²) in [6, 6.07) is 16.6. The number of aromatic nitrogens is 2. The monoisotopic (exact) mass is 437 g/mol. The van der Waals surface area contributed by atoms with E-state index in [9.17, 15) is 9.59 Å². The van der Waals surface area contributed by atoms with Crippen LogP contribution in [0.4, 0.5) is 0 Å². The van der Waals surface area contributed by atoms with E-state index in [4.69, 9.17) is 16.3 Å². The summed E-state index contributed by atoms with van der Waals surface area (Å²) in [7, 11) is 3.33. The molecule has 0 aliphatic rings. The number of ketones is 1. The van der Waals surface area contributed by atoms with E-state index in [-0.39, 0.29) is 18.3 Å². The summed E-state index contributed by atoms with van der Waals surface area (Å²) in [6.45, 7) is 2.36. The predicted molar refractivity (Wildman–Crippen MR) is 122 cm³/mol. The van der Waals surface area contributed by atoms with E-state index in [0.29, 0.717) is 28.6 Å². The first-order chi connectivity index (χ1) is 14.8. The molecule has 0 bridgehead atoms. The van der Waals surface area contributed by atoms with Crippen LogP contribution in [0.5, 0.6) is 5.75 Å². The molecule has 1 aromatic heterocycles. The van der Waals surface area contributed by atoms with Crippen molar-refractivity contribution in [3.8, 4) is 5.75 Å². The minimum atomic E-state index is -0.165. The number of benzene rings is 2. The zero-order valence-electron chi connectivity index (χ0n) is 17.7. The van der Waals surface area contributed by atoms with Gasteiger partial charge in [0.15, 0.2) is 12.4 Å². The predicted octanol–water partition coefficient (Wildman–Crippen LogP) is 4.26. The molecule has 0 aliphatic heterocycles. The Hall–Kier alpha value is -3.38. The molecule has 2 aromatic carbocycles. The second-order valence-corrected chi connectivity index (χ2v) is 7.59. The number of halogens is 1. The highest BCUT2D eigenvalue weighted by atomic mass is 35.5. The van der Waals surface area contributed by atoms with Gasteiger partial charge in [-0.15, -0.1) is 0 Å². The van der Waals surface area contributed by atoms with Gasteiger partial charge in [-0.1, -0.05) is 41.9 Å². The quantitative estimate of drug-likeness (QED) is 0.390. The molecule has 0 fully saturated rings. The lowest BCUT2D eigenvalue weighted by molar-refractivity contribution is -0.130. The maximum Gasteiger partial charge on any atom is 0.259 e. The molecule has 31 heavy (non-hydrogen) atoms. The van der Waals surface area contributed by atoms with Gasteiger partial charge in [0.1, 0.15) is 10.9 Å². The van der Waals surface area contributed by atoms with Gasteiger partial charge in [0.25, 0.3) is 5.91 Å². The van der Waals surface area contributed by atoms with Gasteiger partial charge in [-0.3, -0.25) is 9.59 Å². The van der Waals surface area contributed by atoms with Crippen molar-refractivity contribution in [1.29, 1.82) is 0 Å². The minimum Gasteiger partial charge on any atom is -0.484 e. The maximum atomic E-state index is 12.5. The number of ether oxygens (including phenoxy) is 1. The highest BCUT2D eigenvalue weighted by molar-refractivity contribution is 6.31. The number of hydrogen-bond donors (Lipinski definition) is 0. The largest absolute Gasteiger partial charge is 0.484 e. The number of hydrogen-bond acceptors (Lipinski definition) is 4. The topological polar surface area (TPSA) is 64.4 Å². The lowest BCUT2D eigenvalue weighted by Gasteiger charge is -2.11. The molecule has 6 nitrogen and oxygen atoms in total. The van der Waals surface area contributed by atoms with Gasteiger partial charge >= 0.3 is 0 Å². The summed E-state index contributed by atoms with van der Waals surface area (Å²) in [4.78, 5) is 25.6. The van der Waals surface area contributed by atoms with Crippen LogP contribution in [-0.2, 0) is 11.3 Å². The lowest BCUT2D eigenvalue weighted by Crippen LogP contribution is -2.27. The molecule has 0 saturated heterocycles. The van der Waals surface area contributed by atoms with Crippen LogP contribution in [0.15, 0.2) is 60.7 Å². The summed E-state index contributed by atoms with van der Waals surface area (Å²) in [5.41, 5.74) is 3.06. The Morgan fingerprint density at radius 3 is 2.42 bits per heavy atom. The maximum absolute atomic E-state index is 12.5. The highest BCUT2D eigenvalue weighted by Crippen LogP contribution is 2.23. The van der Waals surface area contributed by atoms with Crippen LogP contribution in [0.25, 0.3) is 6.08 Å². The van der Waals surface area contributed by atoms with Crippen molar-refractivity contribution in [3.05, 3.63) is 88.2 Å². The third-order valence-electron chi connectivity index (χ3n) is 4.69. The Kier molecular flexibility index (Phi) is 7.26. The number of nitrogens with zero attached hydrogens (tertiary/aromatic N) is 3. The zero-order chi connectivity index (χ0) is 22.4. The second kappa shape index (κ2) is 10.1. The third kappa shape index (κ3) is 5.83. The van der Waals surface area contributed by atoms with Crippen LogP contribution >= 0.6 is 11.6 Å². The molecule has 3 rings (SSSR count). The molecule has 0 saturated carbocycles. The van der Waals surface area contributed by atoms with Crippen molar-refractivity contribution in [2.24, 2.45) is 0 Å². The fourth-order valence-corrected chi connectivity index (χ4v) is 3.16. The molecule has 3 aromatic rings. The van der Waals surface area contributed by atoms with Crippen LogP contribution in [0.1, 0.15) is 27.2 Å². The third-order valence-corrected chi connectivity index (χ3v) is 5.08. The van der Waals surface area contributed by atoms with Gasteiger partial charge in [0, 0.05) is 25.2 Å². The van der Waals surface area contributed by atoms with Crippen LogP contribution in [0.3, 0.4) is 0 Å². The zero-order valence-corrected chi connectivity index (χ0v) is 18.5. The molecule has 0 atom stereocenters. The summed E-state index contributed by atoms with van der Waals surface area (Å²) < 4.78 is 7.15. The molecular weight excluding hydrogens is 414 g/mol. The first-order valence-corrected chi connectivity index (χ1v) is 10.1. The average Bonchev–Trinajstić information content (AvgIpc) is 3.03. The molecule has 1 amide bonds. The van der Waals surface area contributed by atoms with Crippen molar-refractivity contribution in [2.75, 3.05) is 20.7 Å². The second-order valence-electron chi connectivity index (χ2n) is 7.23. The van der Waals surface area contributed by atoms with E-state index in [2.05, 4.69) is 5.10 Å². The average molecular weight is 438 g/mol. The van der Waals surface area contributed by atoms with Crippen molar-refractivity contribution in [1.82, 2.24) is 14.7 Å². The summed E-state index contributed by atoms with van der Waals surface area (Å²) >= 11 is 6.50. The molecule has 160 valence electrons. The fourth-order valence-electron chi connectivity index (χ4n) is 2.86. The van der Waals surface area contributed by atoms with Crippen molar-refractivity contribution < 1.29 is 14.3 Å². The number of allylic oxidation sites excluding steroid dienone is 1. The van der Waals surface area contributed by atoms with E-state index in [0.717, 1.165) is 11.3 Å². The number of carbonyl (C=O) groups is 2. The normalized spacial score (nSPS) is 11.0. The Balaban J connectivity index is 1.66. The van der Waals surface area contributed by atoms with E-state index >= 15 is 0 Å². The molecule has 0 aliphatic carbocycles. The molecule has 1 heterocycles. The number of aryl methyl sites for hydroxylation is 1. The molecule has 0 unspecified atom stereocenters. The Morgan fingerprint density at radius 2 is 1.77 bits per heavy atom. The smallest absolute Gasteiger partial charge is 0.259 e. The van der Waals surface area contributed by atoms with E-state index in [1.165, 1.54) is 11.0 Å². The first-order valence-electron chi connectivity index (χ1n) is 9.77. The molecule has 7 heteroatoms. The van der Waals surface area contributed by atoms with Crippen molar-refractivity contribution >= 4 is 29.4 Å². The van der Waals surface area contributed by atoms with Gasteiger partial charge < -0.3 is 9.64 Å². The standard InChI is InChI=1S/C24H24ClN3O3/c1-17-21(24(25)28(26-17)15-18-7-5-4-6-8-18)13-14-22(29)19-9-11-20(12-10-19)31-16-23(30)27(2)3/h4-14H,15-16H2,1-3H3/b14-13+. The van der Waals surface area contributed by atoms with Crippen LogP contribution in [0, 0.1) is 6.92 Å². The Bertz CT molecular complexity index is 1090.